The lowest BCUT2D eigenvalue weighted by Crippen LogP contribution is -2.26. The van der Waals surface area contributed by atoms with Gasteiger partial charge in [-0.05, 0) is 48.7 Å². The molecule has 6 nitrogen and oxygen atoms in total. The van der Waals surface area contributed by atoms with E-state index in [1.165, 1.54) is 0 Å². The summed E-state index contributed by atoms with van der Waals surface area (Å²) in [6.45, 7) is 3.72. The summed E-state index contributed by atoms with van der Waals surface area (Å²) in [7, 11) is -3.60. The number of sulfonamides is 1. The molecule has 0 bridgehead atoms. The summed E-state index contributed by atoms with van der Waals surface area (Å²) in [5.74, 6) is 0.337. The number of carbonyl (C=O) groups excluding carboxylic acids is 1. The molecule has 126 valence electrons. The second kappa shape index (κ2) is 6.26. The summed E-state index contributed by atoms with van der Waals surface area (Å²) in [4.78, 5) is 11.5. The van der Waals surface area contributed by atoms with Gasteiger partial charge in [0.15, 0.2) is 6.61 Å². The Kier molecular flexibility index (Phi) is 4.29. The summed E-state index contributed by atoms with van der Waals surface area (Å²) in [6, 6.07) is 10.5. The highest BCUT2D eigenvalue weighted by atomic mass is 32.2. The van der Waals surface area contributed by atoms with Gasteiger partial charge in [0.1, 0.15) is 5.75 Å². The number of hydrogen-bond acceptors (Lipinski definition) is 4. The fourth-order valence-corrected chi connectivity index (χ4v) is 3.83. The molecule has 0 saturated carbocycles. The fourth-order valence-electron chi connectivity index (χ4n) is 2.48. The van der Waals surface area contributed by atoms with Crippen LogP contribution in [0.3, 0.4) is 0 Å². The first kappa shape index (κ1) is 16.5. The minimum atomic E-state index is -3.60. The van der Waals surface area contributed by atoms with Gasteiger partial charge in [-0.25, -0.2) is 13.1 Å². The van der Waals surface area contributed by atoms with Crippen molar-refractivity contribution in [3.8, 4) is 5.75 Å². The van der Waals surface area contributed by atoms with E-state index in [2.05, 4.69) is 10.0 Å². The third-order valence-electron chi connectivity index (χ3n) is 3.78. The minimum Gasteiger partial charge on any atom is -0.482 e. The number of carbonyl (C=O) groups is 1. The summed E-state index contributed by atoms with van der Waals surface area (Å²) in [5, 5.41) is 2.70. The van der Waals surface area contributed by atoms with Crippen molar-refractivity contribution in [2.75, 3.05) is 11.9 Å². The SMILES string of the molecule is Cc1ccc(C)c(S(=O)(=O)NCc2ccc3c(c2)OCC(=O)N3)c1. The van der Waals surface area contributed by atoms with Gasteiger partial charge in [0, 0.05) is 6.54 Å². The van der Waals surface area contributed by atoms with Crippen LogP contribution in [0.15, 0.2) is 41.3 Å². The maximum Gasteiger partial charge on any atom is 0.262 e. The van der Waals surface area contributed by atoms with Crippen molar-refractivity contribution < 1.29 is 17.9 Å². The number of benzene rings is 2. The molecule has 0 unspecified atom stereocenters. The summed E-state index contributed by atoms with van der Waals surface area (Å²) in [5.41, 5.74) is 2.93. The van der Waals surface area contributed by atoms with E-state index < -0.39 is 10.0 Å². The maximum atomic E-state index is 12.5. The van der Waals surface area contributed by atoms with E-state index in [9.17, 15) is 13.2 Å². The smallest absolute Gasteiger partial charge is 0.262 e. The minimum absolute atomic E-state index is 0.0370. The lowest BCUT2D eigenvalue weighted by atomic mass is 10.2. The quantitative estimate of drug-likeness (QED) is 0.888. The number of nitrogens with one attached hydrogen (secondary N) is 2. The molecule has 0 saturated heterocycles. The summed E-state index contributed by atoms with van der Waals surface area (Å²) in [6.07, 6.45) is 0. The molecular weight excluding hydrogens is 328 g/mol. The van der Waals surface area contributed by atoms with Crippen molar-refractivity contribution in [1.29, 1.82) is 0 Å². The largest absolute Gasteiger partial charge is 0.482 e. The molecule has 2 aromatic carbocycles. The first-order valence-corrected chi connectivity index (χ1v) is 8.96. The van der Waals surface area contributed by atoms with Gasteiger partial charge in [-0.3, -0.25) is 4.79 Å². The Labute approximate surface area is 140 Å². The van der Waals surface area contributed by atoms with Gasteiger partial charge in [0.05, 0.1) is 10.6 Å². The van der Waals surface area contributed by atoms with Crippen molar-refractivity contribution in [3.05, 3.63) is 53.1 Å². The molecule has 1 aliphatic heterocycles. The molecule has 0 spiro atoms. The van der Waals surface area contributed by atoms with Crippen LogP contribution in [0, 0.1) is 13.8 Å². The molecule has 1 heterocycles. The monoisotopic (exact) mass is 346 g/mol. The van der Waals surface area contributed by atoms with Crippen LogP contribution in [0.1, 0.15) is 16.7 Å². The van der Waals surface area contributed by atoms with E-state index in [-0.39, 0.29) is 24.0 Å². The van der Waals surface area contributed by atoms with Gasteiger partial charge in [0.25, 0.3) is 5.91 Å². The number of anilines is 1. The van der Waals surface area contributed by atoms with Crippen LogP contribution in [-0.4, -0.2) is 20.9 Å². The van der Waals surface area contributed by atoms with Crippen molar-refractivity contribution in [2.45, 2.75) is 25.3 Å². The van der Waals surface area contributed by atoms with Gasteiger partial charge in [-0.1, -0.05) is 18.2 Å². The third kappa shape index (κ3) is 3.42. The molecule has 1 aliphatic rings. The van der Waals surface area contributed by atoms with Crippen molar-refractivity contribution in [1.82, 2.24) is 4.72 Å². The predicted molar refractivity (Wildman–Crippen MR) is 90.5 cm³/mol. The number of rotatable bonds is 4. The van der Waals surface area contributed by atoms with Crippen LogP contribution >= 0.6 is 0 Å². The molecule has 3 rings (SSSR count). The zero-order valence-electron chi connectivity index (χ0n) is 13.4. The standard InChI is InChI=1S/C17H18N2O4S/c1-11-3-4-12(2)16(7-11)24(21,22)18-9-13-5-6-14-15(8-13)23-10-17(20)19-14/h3-8,18H,9-10H2,1-2H3,(H,19,20). The number of aryl methyl sites for hydroxylation is 2. The zero-order chi connectivity index (χ0) is 17.3. The van der Waals surface area contributed by atoms with E-state index in [0.29, 0.717) is 17.0 Å². The van der Waals surface area contributed by atoms with E-state index in [0.717, 1.165) is 11.1 Å². The maximum absolute atomic E-state index is 12.5. The molecule has 1 amide bonds. The Hall–Kier alpha value is -2.38. The second-order valence-electron chi connectivity index (χ2n) is 5.76. The highest BCUT2D eigenvalue weighted by Gasteiger charge is 2.19. The van der Waals surface area contributed by atoms with Crippen molar-refractivity contribution in [2.24, 2.45) is 0 Å². The van der Waals surface area contributed by atoms with E-state index in [1.54, 1.807) is 37.3 Å². The first-order valence-electron chi connectivity index (χ1n) is 7.48. The Morgan fingerprint density at radius 3 is 2.75 bits per heavy atom. The van der Waals surface area contributed by atoms with E-state index >= 15 is 0 Å². The van der Waals surface area contributed by atoms with Crippen LogP contribution < -0.4 is 14.8 Å². The highest BCUT2D eigenvalue weighted by molar-refractivity contribution is 7.89. The van der Waals surface area contributed by atoms with Gasteiger partial charge in [-0.15, -0.1) is 0 Å². The topological polar surface area (TPSA) is 84.5 Å². The molecule has 0 aromatic heterocycles. The van der Waals surface area contributed by atoms with Crippen LogP contribution in [0.4, 0.5) is 5.69 Å². The molecular formula is C17H18N2O4S. The number of fused-ring (bicyclic) bond motifs is 1. The van der Waals surface area contributed by atoms with Crippen molar-refractivity contribution in [3.63, 3.8) is 0 Å². The highest BCUT2D eigenvalue weighted by Crippen LogP contribution is 2.28. The first-order chi connectivity index (χ1) is 11.3. The number of hydrogen-bond donors (Lipinski definition) is 2. The average molecular weight is 346 g/mol. The summed E-state index contributed by atoms with van der Waals surface area (Å²) >= 11 is 0. The number of ether oxygens (including phenoxy) is 1. The van der Waals surface area contributed by atoms with Gasteiger partial charge < -0.3 is 10.1 Å². The molecule has 0 aliphatic carbocycles. The Morgan fingerprint density at radius 1 is 1.17 bits per heavy atom. The van der Waals surface area contributed by atoms with Crippen LogP contribution in [-0.2, 0) is 21.4 Å². The zero-order valence-corrected chi connectivity index (χ0v) is 14.2. The fraction of sp³-hybridized carbons (Fsp3) is 0.235. The molecule has 2 aromatic rings. The Balaban J connectivity index is 1.78. The lowest BCUT2D eigenvalue weighted by molar-refractivity contribution is -0.118. The van der Waals surface area contributed by atoms with Crippen LogP contribution in [0.2, 0.25) is 0 Å². The average Bonchev–Trinajstić information content (AvgIpc) is 2.55. The number of amides is 1. The van der Waals surface area contributed by atoms with Crippen LogP contribution in [0.25, 0.3) is 0 Å². The van der Waals surface area contributed by atoms with Gasteiger partial charge in [-0.2, -0.15) is 0 Å². The Bertz CT molecular complexity index is 907. The molecule has 24 heavy (non-hydrogen) atoms. The van der Waals surface area contributed by atoms with Gasteiger partial charge in [0.2, 0.25) is 10.0 Å². The van der Waals surface area contributed by atoms with E-state index in [1.807, 2.05) is 13.0 Å². The second-order valence-corrected chi connectivity index (χ2v) is 7.50. The summed E-state index contributed by atoms with van der Waals surface area (Å²) < 4.78 is 33.0. The molecule has 2 N–H and O–H groups in total. The Morgan fingerprint density at radius 2 is 1.96 bits per heavy atom. The molecule has 0 radical (unpaired) electrons. The lowest BCUT2D eigenvalue weighted by Gasteiger charge is -2.18. The molecule has 0 fully saturated rings. The normalized spacial score (nSPS) is 13.8. The van der Waals surface area contributed by atoms with E-state index in [4.69, 9.17) is 4.74 Å². The van der Waals surface area contributed by atoms with Crippen LogP contribution in [0.5, 0.6) is 5.75 Å². The van der Waals surface area contributed by atoms with Gasteiger partial charge >= 0.3 is 0 Å². The third-order valence-corrected chi connectivity index (χ3v) is 5.32. The predicted octanol–water partition coefficient (Wildman–Crippen LogP) is 2.11. The molecule has 7 heteroatoms. The van der Waals surface area contributed by atoms with Crippen molar-refractivity contribution >= 4 is 21.6 Å². The molecule has 0 atom stereocenters.